The minimum atomic E-state index is 0.717. The van der Waals surface area contributed by atoms with E-state index in [1.54, 1.807) is 0 Å². The first-order chi connectivity index (χ1) is 16.7. The number of aromatic amines is 1. The topological polar surface area (TPSA) is 75.8 Å². The summed E-state index contributed by atoms with van der Waals surface area (Å²) >= 11 is 0. The van der Waals surface area contributed by atoms with Crippen molar-refractivity contribution in [3.63, 3.8) is 0 Å². The molecule has 1 aliphatic rings. The SMILES string of the molecule is NN1CCc2[nH]c3ccc(-c4ccc5cnn(Cc6ccc7ncccc7c6)c5c4)cc3c2C1. The molecule has 0 fully saturated rings. The second-order valence-corrected chi connectivity index (χ2v) is 9.17. The Morgan fingerprint density at radius 1 is 0.941 bits per heavy atom. The minimum Gasteiger partial charge on any atom is -0.358 e. The van der Waals surface area contributed by atoms with Crippen molar-refractivity contribution in [3.8, 4) is 11.1 Å². The molecular weight excluding hydrogens is 420 g/mol. The van der Waals surface area contributed by atoms with E-state index < -0.39 is 0 Å². The fourth-order valence-electron chi connectivity index (χ4n) is 5.19. The van der Waals surface area contributed by atoms with Crippen LogP contribution in [0.25, 0.3) is 43.8 Å². The largest absolute Gasteiger partial charge is 0.358 e. The van der Waals surface area contributed by atoms with E-state index in [1.165, 1.54) is 38.9 Å². The molecule has 0 bridgehead atoms. The lowest BCUT2D eigenvalue weighted by molar-refractivity contribution is 0.263. The number of hydrazine groups is 1. The van der Waals surface area contributed by atoms with Gasteiger partial charge < -0.3 is 4.98 Å². The molecule has 0 atom stereocenters. The molecule has 3 aromatic carbocycles. The Kier molecular flexibility index (Phi) is 4.30. The number of nitrogens with zero attached hydrogens (tertiary/aromatic N) is 4. The van der Waals surface area contributed by atoms with Gasteiger partial charge in [-0.05, 0) is 58.7 Å². The Hall–Kier alpha value is -4.00. The zero-order chi connectivity index (χ0) is 22.6. The second kappa shape index (κ2) is 7.52. The minimum absolute atomic E-state index is 0.717. The van der Waals surface area contributed by atoms with E-state index in [-0.39, 0.29) is 0 Å². The molecule has 4 heterocycles. The molecular formula is C28H24N6. The van der Waals surface area contributed by atoms with Gasteiger partial charge in [0, 0.05) is 53.1 Å². The van der Waals surface area contributed by atoms with Crippen molar-refractivity contribution in [2.75, 3.05) is 6.54 Å². The average Bonchev–Trinajstić information content (AvgIpc) is 3.44. The van der Waals surface area contributed by atoms with Crippen molar-refractivity contribution in [2.45, 2.75) is 19.5 Å². The number of H-pyrrole nitrogens is 1. The van der Waals surface area contributed by atoms with Crippen LogP contribution in [0.5, 0.6) is 0 Å². The summed E-state index contributed by atoms with van der Waals surface area (Å²) in [6.45, 7) is 2.39. The molecule has 7 rings (SSSR count). The molecule has 0 saturated carbocycles. The number of benzene rings is 3. The zero-order valence-corrected chi connectivity index (χ0v) is 18.7. The van der Waals surface area contributed by atoms with Gasteiger partial charge in [-0.2, -0.15) is 5.10 Å². The van der Waals surface area contributed by atoms with E-state index in [0.29, 0.717) is 6.54 Å². The predicted molar refractivity (Wildman–Crippen MR) is 136 cm³/mol. The maximum Gasteiger partial charge on any atom is 0.0702 e. The summed E-state index contributed by atoms with van der Waals surface area (Å²) in [7, 11) is 0. The van der Waals surface area contributed by atoms with Crippen molar-refractivity contribution >= 4 is 32.7 Å². The lowest BCUT2D eigenvalue weighted by Gasteiger charge is -2.21. The summed E-state index contributed by atoms with van der Waals surface area (Å²) in [6, 6.07) is 23.8. The maximum absolute atomic E-state index is 6.12. The van der Waals surface area contributed by atoms with Crippen LogP contribution >= 0.6 is 0 Å². The van der Waals surface area contributed by atoms with Crippen molar-refractivity contribution < 1.29 is 0 Å². The molecule has 0 amide bonds. The number of nitrogens with one attached hydrogen (secondary N) is 1. The third kappa shape index (κ3) is 3.19. The molecule has 0 unspecified atom stereocenters. The molecule has 34 heavy (non-hydrogen) atoms. The Bertz CT molecular complexity index is 1690. The number of rotatable bonds is 3. The summed E-state index contributed by atoms with van der Waals surface area (Å²) in [5, 5.41) is 10.1. The number of nitrogens with two attached hydrogens (primary N) is 1. The quantitative estimate of drug-likeness (QED) is 0.376. The van der Waals surface area contributed by atoms with Crippen LogP contribution in [0.1, 0.15) is 16.8 Å². The summed E-state index contributed by atoms with van der Waals surface area (Å²) in [6.07, 6.45) is 4.74. The van der Waals surface area contributed by atoms with Crippen LogP contribution in [0.15, 0.2) is 79.1 Å². The standard InChI is InChI=1S/C28H24N6/c29-33-11-9-27-24(17-33)23-13-19(6-8-26(23)32-27)20-4-5-22-15-31-34(28(22)14-20)16-18-3-7-25-21(12-18)2-1-10-30-25/h1-8,10,12-15,32H,9,11,16-17,29H2. The average molecular weight is 445 g/mol. The summed E-state index contributed by atoms with van der Waals surface area (Å²) < 4.78 is 2.08. The highest BCUT2D eigenvalue weighted by atomic mass is 15.4. The van der Waals surface area contributed by atoms with Crippen LogP contribution in [-0.2, 0) is 19.5 Å². The van der Waals surface area contributed by atoms with Crippen LogP contribution in [0.2, 0.25) is 0 Å². The van der Waals surface area contributed by atoms with Gasteiger partial charge in [0.25, 0.3) is 0 Å². The van der Waals surface area contributed by atoms with E-state index in [9.17, 15) is 0 Å². The lowest BCUT2D eigenvalue weighted by Crippen LogP contribution is -2.35. The summed E-state index contributed by atoms with van der Waals surface area (Å²) in [5.74, 6) is 6.12. The summed E-state index contributed by atoms with van der Waals surface area (Å²) in [5.41, 5.74) is 9.57. The molecule has 0 aliphatic carbocycles. The molecule has 1 aliphatic heterocycles. The van der Waals surface area contributed by atoms with Crippen molar-refractivity contribution in [2.24, 2.45) is 5.84 Å². The van der Waals surface area contributed by atoms with Crippen LogP contribution in [0, 0.1) is 0 Å². The maximum atomic E-state index is 6.12. The van der Waals surface area contributed by atoms with Crippen molar-refractivity contribution in [1.82, 2.24) is 24.8 Å². The molecule has 0 radical (unpaired) electrons. The Labute approximate surface area is 196 Å². The first-order valence-electron chi connectivity index (χ1n) is 11.6. The molecule has 3 N–H and O–H groups in total. The monoisotopic (exact) mass is 444 g/mol. The Morgan fingerprint density at radius 3 is 2.82 bits per heavy atom. The van der Waals surface area contributed by atoms with Crippen molar-refractivity contribution in [1.29, 1.82) is 0 Å². The van der Waals surface area contributed by atoms with Crippen LogP contribution in [0.4, 0.5) is 0 Å². The van der Waals surface area contributed by atoms with Gasteiger partial charge in [-0.25, -0.2) is 5.01 Å². The molecule has 0 spiro atoms. The Balaban J connectivity index is 1.28. The van der Waals surface area contributed by atoms with E-state index in [2.05, 4.69) is 80.4 Å². The molecule has 0 saturated heterocycles. The molecule has 3 aromatic heterocycles. The third-order valence-corrected chi connectivity index (χ3v) is 6.98. The fourth-order valence-corrected chi connectivity index (χ4v) is 5.19. The Morgan fingerprint density at radius 2 is 1.85 bits per heavy atom. The highest BCUT2D eigenvalue weighted by Gasteiger charge is 2.19. The first kappa shape index (κ1) is 19.5. The van der Waals surface area contributed by atoms with E-state index in [4.69, 9.17) is 5.84 Å². The fraction of sp³-hybridized carbons (Fsp3) is 0.143. The van der Waals surface area contributed by atoms with Gasteiger partial charge in [-0.15, -0.1) is 0 Å². The molecule has 6 nitrogen and oxygen atoms in total. The number of fused-ring (bicyclic) bond motifs is 5. The lowest BCUT2D eigenvalue weighted by atomic mass is 9.99. The van der Waals surface area contributed by atoms with Gasteiger partial charge in [0.15, 0.2) is 0 Å². The van der Waals surface area contributed by atoms with Gasteiger partial charge in [-0.3, -0.25) is 15.5 Å². The number of hydrogen-bond donors (Lipinski definition) is 2. The van der Waals surface area contributed by atoms with Crippen LogP contribution < -0.4 is 5.84 Å². The van der Waals surface area contributed by atoms with Gasteiger partial charge in [-0.1, -0.05) is 30.3 Å². The molecule has 6 aromatic rings. The first-order valence-corrected chi connectivity index (χ1v) is 11.6. The highest BCUT2D eigenvalue weighted by molar-refractivity contribution is 5.91. The third-order valence-electron chi connectivity index (χ3n) is 6.98. The summed E-state index contributed by atoms with van der Waals surface area (Å²) in [4.78, 5) is 8.02. The number of aromatic nitrogens is 4. The van der Waals surface area contributed by atoms with E-state index >= 15 is 0 Å². The predicted octanol–water partition coefficient (Wildman–Crippen LogP) is 5.01. The number of pyridine rings is 1. The van der Waals surface area contributed by atoms with Gasteiger partial charge in [0.05, 0.1) is 23.8 Å². The van der Waals surface area contributed by atoms with E-state index in [0.717, 1.165) is 41.3 Å². The number of hydrogen-bond acceptors (Lipinski definition) is 4. The smallest absolute Gasteiger partial charge is 0.0702 e. The van der Waals surface area contributed by atoms with Crippen LogP contribution in [0.3, 0.4) is 0 Å². The van der Waals surface area contributed by atoms with Gasteiger partial charge in [0.2, 0.25) is 0 Å². The van der Waals surface area contributed by atoms with Gasteiger partial charge >= 0.3 is 0 Å². The van der Waals surface area contributed by atoms with E-state index in [1.807, 2.05) is 23.5 Å². The van der Waals surface area contributed by atoms with Crippen molar-refractivity contribution in [3.05, 3.63) is 95.9 Å². The zero-order valence-electron chi connectivity index (χ0n) is 18.7. The van der Waals surface area contributed by atoms with Gasteiger partial charge in [0.1, 0.15) is 0 Å². The normalized spacial score (nSPS) is 14.3. The van der Waals surface area contributed by atoms with Crippen LogP contribution in [-0.4, -0.2) is 31.3 Å². The molecule has 166 valence electrons. The second-order valence-electron chi connectivity index (χ2n) is 9.17. The molecule has 6 heteroatoms. The highest BCUT2D eigenvalue weighted by Crippen LogP contribution is 2.32.